The van der Waals surface area contributed by atoms with Crippen LogP contribution in [0.5, 0.6) is 0 Å². The lowest BCUT2D eigenvalue weighted by atomic mass is 9.92. The van der Waals surface area contributed by atoms with Crippen molar-refractivity contribution in [1.29, 1.82) is 0 Å². The van der Waals surface area contributed by atoms with Crippen molar-refractivity contribution in [2.75, 3.05) is 45.7 Å². The lowest BCUT2D eigenvalue weighted by Crippen LogP contribution is -2.39. The lowest BCUT2D eigenvalue weighted by molar-refractivity contribution is -0.171. The van der Waals surface area contributed by atoms with E-state index in [-0.39, 0.29) is 23.2 Å². The zero-order valence-electron chi connectivity index (χ0n) is 20.8. The van der Waals surface area contributed by atoms with E-state index in [2.05, 4.69) is 9.88 Å². The van der Waals surface area contributed by atoms with Crippen LogP contribution in [0.15, 0.2) is 42.5 Å². The van der Waals surface area contributed by atoms with Gasteiger partial charge in [-0.25, -0.2) is 4.98 Å². The Hall–Kier alpha value is -2.81. The quantitative estimate of drug-likeness (QED) is 0.443. The Morgan fingerprint density at radius 2 is 1.72 bits per heavy atom. The largest absolute Gasteiger partial charge is 0.404 e. The van der Waals surface area contributed by atoms with Crippen molar-refractivity contribution in [2.24, 2.45) is 5.92 Å². The second kappa shape index (κ2) is 12.0. The van der Waals surface area contributed by atoms with Crippen LogP contribution < -0.4 is 4.90 Å². The highest BCUT2D eigenvalue weighted by molar-refractivity contribution is 6.32. The minimum Gasteiger partial charge on any atom is -0.357 e. The third kappa shape index (κ3) is 6.90. The van der Waals surface area contributed by atoms with E-state index in [1.165, 1.54) is 41.1 Å². The third-order valence-corrected chi connectivity index (χ3v) is 6.89. The molecular weight excluding hydrogens is 493 g/mol. The van der Waals surface area contributed by atoms with Gasteiger partial charge in [-0.2, -0.15) is 13.2 Å². The summed E-state index contributed by atoms with van der Waals surface area (Å²) in [6, 6.07) is 10.8. The van der Waals surface area contributed by atoms with Crippen LogP contribution >= 0.6 is 11.6 Å². The number of carbonyl (C=O) groups excluding carboxylic acids is 2. The predicted octanol–water partition coefficient (Wildman–Crippen LogP) is 5.24. The minimum absolute atomic E-state index is 0.0398. The van der Waals surface area contributed by atoms with Gasteiger partial charge in [0.2, 0.25) is 5.91 Å². The molecule has 1 atom stereocenters. The third-order valence-electron chi connectivity index (χ3n) is 6.60. The standard InChI is InChI=1S/C26H32ClF3N4O2/c1-32(2)24(35)20-11-12-21(31-23(20)27)34-16-13-18(14-17-34)8-7-15-33(3)25(36)22(26(28,29)30)19-9-5-4-6-10-19/h4-6,9-12,18,22H,7-8,13-17H2,1-3H3/t22-/m0/s1. The summed E-state index contributed by atoms with van der Waals surface area (Å²) in [6.07, 6.45) is -1.36. The van der Waals surface area contributed by atoms with Crippen molar-refractivity contribution in [1.82, 2.24) is 14.8 Å². The smallest absolute Gasteiger partial charge is 0.357 e. The molecule has 6 nitrogen and oxygen atoms in total. The number of nitrogens with zero attached hydrogens (tertiary/aromatic N) is 4. The number of halogens is 4. The molecule has 3 rings (SSSR count). The molecule has 1 fully saturated rings. The van der Waals surface area contributed by atoms with Crippen LogP contribution in [0.3, 0.4) is 0 Å². The summed E-state index contributed by atoms with van der Waals surface area (Å²) in [5.41, 5.74) is 0.320. The number of amides is 2. The summed E-state index contributed by atoms with van der Waals surface area (Å²) in [5, 5.41) is 0.175. The van der Waals surface area contributed by atoms with E-state index in [9.17, 15) is 22.8 Å². The number of hydrogen-bond acceptors (Lipinski definition) is 4. The molecule has 0 saturated carbocycles. The molecule has 0 spiro atoms. The molecule has 1 saturated heterocycles. The Bertz CT molecular complexity index is 1040. The maximum atomic E-state index is 13.6. The van der Waals surface area contributed by atoms with Gasteiger partial charge in [0.25, 0.3) is 5.91 Å². The van der Waals surface area contributed by atoms with Gasteiger partial charge in [-0.05, 0) is 49.3 Å². The number of alkyl halides is 3. The molecule has 2 heterocycles. The van der Waals surface area contributed by atoms with E-state index < -0.39 is 18.0 Å². The molecule has 2 amide bonds. The molecule has 1 aromatic carbocycles. The maximum absolute atomic E-state index is 13.6. The van der Waals surface area contributed by atoms with Crippen LogP contribution in [0.4, 0.5) is 19.0 Å². The monoisotopic (exact) mass is 524 g/mol. The zero-order valence-corrected chi connectivity index (χ0v) is 21.5. The van der Waals surface area contributed by atoms with E-state index in [4.69, 9.17) is 11.6 Å². The SMILES string of the molecule is CN(C)C(=O)c1ccc(N2CCC(CCCN(C)C(=O)[C@H](c3ccccc3)C(F)(F)F)CC2)nc1Cl. The normalized spacial score (nSPS) is 15.5. The number of anilines is 1. The van der Waals surface area contributed by atoms with E-state index in [1.807, 2.05) is 0 Å². The van der Waals surface area contributed by atoms with Crippen molar-refractivity contribution in [3.8, 4) is 0 Å². The van der Waals surface area contributed by atoms with Crippen LogP contribution in [0, 0.1) is 5.92 Å². The first-order valence-electron chi connectivity index (χ1n) is 12.0. The highest BCUT2D eigenvalue weighted by Crippen LogP contribution is 2.36. The molecule has 1 aliphatic heterocycles. The summed E-state index contributed by atoms with van der Waals surface area (Å²) < 4.78 is 40.9. The Morgan fingerprint density at radius 3 is 2.28 bits per heavy atom. The van der Waals surface area contributed by atoms with E-state index >= 15 is 0 Å². The number of benzene rings is 1. The first-order valence-corrected chi connectivity index (χ1v) is 12.4. The molecule has 0 radical (unpaired) electrons. The predicted molar refractivity (Wildman–Crippen MR) is 134 cm³/mol. The number of carbonyl (C=O) groups is 2. The van der Waals surface area contributed by atoms with E-state index in [0.717, 1.165) is 38.2 Å². The van der Waals surface area contributed by atoms with Gasteiger partial charge in [0.05, 0.1) is 5.56 Å². The Kier molecular flexibility index (Phi) is 9.22. The molecule has 1 aliphatic rings. The molecule has 2 aromatic rings. The van der Waals surface area contributed by atoms with Crippen LogP contribution in [0.1, 0.15) is 47.5 Å². The fraction of sp³-hybridized carbons (Fsp3) is 0.500. The molecule has 1 aromatic heterocycles. The zero-order chi connectivity index (χ0) is 26.5. The minimum atomic E-state index is -4.64. The summed E-state index contributed by atoms with van der Waals surface area (Å²) in [6.45, 7) is 1.82. The van der Waals surface area contributed by atoms with Gasteiger partial charge in [0.15, 0.2) is 5.92 Å². The van der Waals surface area contributed by atoms with Crippen molar-refractivity contribution in [3.05, 3.63) is 58.7 Å². The Labute approximate surface area is 215 Å². The number of rotatable bonds is 8. The second-order valence-electron chi connectivity index (χ2n) is 9.43. The highest BCUT2D eigenvalue weighted by Gasteiger charge is 2.46. The molecule has 10 heteroatoms. The number of hydrogen-bond donors (Lipinski definition) is 0. The fourth-order valence-electron chi connectivity index (χ4n) is 4.52. The Morgan fingerprint density at radius 1 is 1.08 bits per heavy atom. The topological polar surface area (TPSA) is 56.8 Å². The molecule has 196 valence electrons. The van der Waals surface area contributed by atoms with Crippen LogP contribution in [-0.4, -0.2) is 73.6 Å². The van der Waals surface area contributed by atoms with Gasteiger partial charge in [0.1, 0.15) is 11.0 Å². The Balaban J connectivity index is 1.49. The van der Waals surface area contributed by atoms with Crippen molar-refractivity contribution < 1.29 is 22.8 Å². The summed E-state index contributed by atoms with van der Waals surface area (Å²) >= 11 is 6.24. The number of aromatic nitrogens is 1. The molecular formula is C26H32ClF3N4O2. The average Bonchev–Trinajstić information content (AvgIpc) is 2.83. The van der Waals surface area contributed by atoms with Crippen molar-refractivity contribution in [2.45, 2.75) is 37.8 Å². The van der Waals surface area contributed by atoms with Gasteiger partial charge in [-0.1, -0.05) is 41.9 Å². The van der Waals surface area contributed by atoms with Crippen molar-refractivity contribution >= 4 is 29.2 Å². The van der Waals surface area contributed by atoms with Crippen LogP contribution in [-0.2, 0) is 4.79 Å². The maximum Gasteiger partial charge on any atom is 0.404 e. The lowest BCUT2D eigenvalue weighted by Gasteiger charge is -2.33. The first-order chi connectivity index (χ1) is 17.0. The van der Waals surface area contributed by atoms with E-state index in [1.54, 1.807) is 32.3 Å². The summed E-state index contributed by atoms with van der Waals surface area (Å²) in [7, 11) is 4.75. The first kappa shape index (κ1) is 27.8. The summed E-state index contributed by atoms with van der Waals surface area (Å²) in [4.78, 5) is 34.0. The van der Waals surface area contributed by atoms with Crippen molar-refractivity contribution in [3.63, 3.8) is 0 Å². The fourth-order valence-corrected chi connectivity index (χ4v) is 4.75. The number of piperidine rings is 1. The average molecular weight is 525 g/mol. The molecule has 0 N–H and O–H groups in total. The molecule has 0 aliphatic carbocycles. The number of likely N-dealkylation sites (N-methyl/N-ethyl adjacent to an activating group) is 1. The van der Waals surface area contributed by atoms with Gasteiger partial charge in [0, 0.05) is 40.8 Å². The van der Waals surface area contributed by atoms with Crippen LogP contribution in [0.2, 0.25) is 5.15 Å². The molecule has 0 bridgehead atoms. The van der Waals surface area contributed by atoms with Gasteiger partial charge in [-0.3, -0.25) is 9.59 Å². The molecule has 0 unspecified atom stereocenters. The van der Waals surface area contributed by atoms with Crippen LogP contribution in [0.25, 0.3) is 0 Å². The second-order valence-corrected chi connectivity index (χ2v) is 9.78. The molecule has 36 heavy (non-hydrogen) atoms. The summed E-state index contributed by atoms with van der Waals surface area (Å²) in [5.74, 6) is -2.14. The van der Waals surface area contributed by atoms with E-state index in [0.29, 0.717) is 17.9 Å². The van der Waals surface area contributed by atoms with Gasteiger partial charge < -0.3 is 14.7 Å². The van der Waals surface area contributed by atoms with Gasteiger partial charge >= 0.3 is 6.18 Å². The van der Waals surface area contributed by atoms with Gasteiger partial charge in [-0.15, -0.1) is 0 Å². The highest BCUT2D eigenvalue weighted by atomic mass is 35.5. The number of pyridine rings is 1.